The number of unbranched alkanes of at least 4 members (excludes halogenated alkanes) is 1. The van der Waals surface area contributed by atoms with Crippen LogP contribution in [0.15, 0.2) is 42.5 Å². The van der Waals surface area contributed by atoms with E-state index in [4.69, 9.17) is 10.5 Å². The van der Waals surface area contributed by atoms with Gasteiger partial charge < -0.3 is 25.4 Å². The highest BCUT2D eigenvalue weighted by atomic mass is 16.5. The van der Waals surface area contributed by atoms with Gasteiger partial charge in [-0.25, -0.2) is 0 Å². The van der Waals surface area contributed by atoms with Gasteiger partial charge in [0.25, 0.3) is 0 Å². The average Bonchev–Trinajstić information content (AvgIpc) is 3.61. The molecule has 42 heavy (non-hydrogen) atoms. The molecule has 2 fully saturated rings. The van der Waals surface area contributed by atoms with Gasteiger partial charge >= 0.3 is 5.97 Å². The van der Waals surface area contributed by atoms with Crippen molar-refractivity contribution in [1.29, 1.82) is 0 Å². The zero-order chi connectivity index (χ0) is 29.6. The number of carboxylic acid groups (broad SMARTS) is 1. The summed E-state index contributed by atoms with van der Waals surface area (Å²) in [5.41, 5.74) is 9.74. The number of anilines is 1. The van der Waals surface area contributed by atoms with Crippen LogP contribution in [-0.4, -0.2) is 78.1 Å². The molecule has 9 heteroatoms. The van der Waals surface area contributed by atoms with Crippen molar-refractivity contribution in [3.8, 4) is 5.75 Å². The first-order chi connectivity index (χ1) is 20.4. The van der Waals surface area contributed by atoms with E-state index in [-0.39, 0.29) is 30.3 Å². The average molecular weight is 577 g/mol. The molecule has 0 radical (unpaired) electrons. The van der Waals surface area contributed by atoms with Gasteiger partial charge in [-0.15, -0.1) is 0 Å². The molecule has 3 aliphatic heterocycles. The number of rotatable bonds is 12. The molecule has 0 aromatic heterocycles. The third kappa shape index (κ3) is 6.63. The van der Waals surface area contributed by atoms with Gasteiger partial charge in [0.05, 0.1) is 19.1 Å². The van der Waals surface area contributed by atoms with Crippen LogP contribution in [0, 0.1) is 5.92 Å². The molecule has 2 amide bonds. The molecule has 226 valence electrons. The van der Waals surface area contributed by atoms with E-state index < -0.39 is 11.9 Å². The van der Waals surface area contributed by atoms with Gasteiger partial charge in [0, 0.05) is 63.2 Å². The standard InChI is InChI=1S/C33H44N4O5/c1-2-3-15-37(26-8-6-7-23(18-26)20-34)31(39)22-36-21-27(24-10-11-29-25(19-24)13-17-42-29)32(33(40)41)28(36)12-16-35-14-5-4-9-30(35)38/h6-8,10-11,18-19,27-28,32H,2-5,9,12-17,20-22,34H2,1H3,(H,40,41). The molecule has 2 aromatic carbocycles. The van der Waals surface area contributed by atoms with Crippen LogP contribution >= 0.6 is 0 Å². The Hall–Kier alpha value is -3.43. The van der Waals surface area contributed by atoms with Gasteiger partial charge in [0.2, 0.25) is 11.8 Å². The molecule has 5 rings (SSSR count). The number of nitrogens with zero attached hydrogens (tertiary/aromatic N) is 3. The Kier molecular flexibility index (Phi) is 9.80. The lowest BCUT2D eigenvalue weighted by Gasteiger charge is -2.32. The van der Waals surface area contributed by atoms with Gasteiger partial charge in [-0.2, -0.15) is 0 Å². The second-order valence-electron chi connectivity index (χ2n) is 11.8. The summed E-state index contributed by atoms with van der Waals surface area (Å²) in [6.07, 6.45) is 5.54. The number of carboxylic acids is 1. The molecule has 3 N–H and O–H groups in total. The summed E-state index contributed by atoms with van der Waals surface area (Å²) in [4.78, 5) is 45.2. The largest absolute Gasteiger partial charge is 0.493 e. The molecule has 0 aliphatic carbocycles. The Morgan fingerprint density at radius 2 is 2.00 bits per heavy atom. The molecule has 0 bridgehead atoms. The topological polar surface area (TPSA) is 116 Å². The van der Waals surface area contributed by atoms with Crippen LogP contribution in [0.1, 0.15) is 68.1 Å². The van der Waals surface area contributed by atoms with E-state index in [1.165, 1.54) is 0 Å². The lowest BCUT2D eigenvalue weighted by atomic mass is 9.83. The van der Waals surface area contributed by atoms with Crippen LogP contribution < -0.4 is 15.4 Å². The minimum Gasteiger partial charge on any atom is -0.493 e. The molecular formula is C33H44N4O5. The van der Waals surface area contributed by atoms with E-state index in [2.05, 4.69) is 17.9 Å². The molecule has 3 heterocycles. The molecule has 2 saturated heterocycles. The van der Waals surface area contributed by atoms with Crippen LogP contribution in [0.25, 0.3) is 0 Å². The maximum absolute atomic E-state index is 14.0. The predicted octanol–water partition coefficient (Wildman–Crippen LogP) is 3.78. The second-order valence-corrected chi connectivity index (χ2v) is 11.8. The molecule has 3 aliphatic rings. The van der Waals surface area contributed by atoms with Crippen molar-refractivity contribution in [2.24, 2.45) is 11.7 Å². The van der Waals surface area contributed by atoms with Crippen molar-refractivity contribution in [3.05, 3.63) is 59.2 Å². The summed E-state index contributed by atoms with van der Waals surface area (Å²) >= 11 is 0. The highest BCUT2D eigenvalue weighted by Gasteiger charge is 2.47. The number of fused-ring (bicyclic) bond motifs is 1. The molecule has 3 atom stereocenters. The number of nitrogens with two attached hydrogens (primary N) is 1. The lowest BCUT2D eigenvalue weighted by Crippen LogP contribution is -2.46. The number of hydrogen-bond acceptors (Lipinski definition) is 6. The Labute approximate surface area is 248 Å². The zero-order valence-electron chi connectivity index (χ0n) is 24.7. The lowest BCUT2D eigenvalue weighted by molar-refractivity contribution is -0.143. The maximum atomic E-state index is 14.0. The van der Waals surface area contributed by atoms with Crippen LogP contribution in [0.3, 0.4) is 0 Å². The highest BCUT2D eigenvalue weighted by molar-refractivity contribution is 5.95. The zero-order valence-corrected chi connectivity index (χ0v) is 24.7. The maximum Gasteiger partial charge on any atom is 0.308 e. The van der Waals surface area contributed by atoms with Gasteiger partial charge in [-0.05, 0) is 60.6 Å². The van der Waals surface area contributed by atoms with Gasteiger partial charge in [-0.3, -0.25) is 19.3 Å². The summed E-state index contributed by atoms with van der Waals surface area (Å²) in [6.45, 7) is 5.50. The normalized spacial score (nSPS) is 22.2. The van der Waals surface area contributed by atoms with E-state index in [9.17, 15) is 19.5 Å². The number of carbonyl (C=O) groups excluding carboxylic acids is 2. The molecule has 9 nitrogen and oxygen atoms in total. The van der Waals surface area contributed by atoms with Crippen molar-refractivity contribution in [2.75, 3.05) is 44.2 Å². The number of aliphatic carboxylic acids is 1. The van der Waals surface area contributed by atoms with Gasteiger partial charge in [-0.1, -0.05) is 37.6 Å². The van der Waals surface area contributed by atoms with Gasteiger partial charge in [0.1, 0.15) is 5.75 Å². The van der Waals surface area contributed by atoms with E-state index in [1.807, 2.05) is 46.2 Å². The molecule has 3 unspecified atom stereocenters. The van der Waals surface area contributed by atoms with Crippen molar-refractivity contribution in [2.45, 2.75) is 70.4 Å². The van der Waals surface area contributed by atoms with Crippen molar-refractivity contribution in [1.82, 2.24) is 9.80 Å². The molecule has 0 spiro atoms. The van der Waals surface area contributed by atoms with E-state index in [0.29, 0.717) is 52.2 Å². The molecule has 0 saturated carbocycles. The van der Waals surface area contributed by atoms with E-state index in [1.54, 1.807) is 0 Å². The quantitative estimate of drug-likeness (QED) is 0.395. The Bertz CT molecular complexity index is 1280. The fourth-order valence-electron chi connectivity index (χ4n) is 6.84. The Balaban J connectivity index is 1.43. The number of benzene rings is 2. The second kappa shape index (κ2) is 13.7. The van der Waals surface area contributed by atoms with E-state index in [0.717, 1.165) is 60.2 Å². The monoisotopic (exact) mass is 576 g/mol. The summed E-state index contributed by atoms with van der Waals surface area (Å²) in [5, 5.41) is 10.6. The van der Waals surface area contributed by atoms with E-state index >= 15 is 0 Å². The minimum atomic E-state index is -0.861. The number of hydrogen-bond donors (Lipinski definition) is 2. The SMILES string of the molecule is CCCCN(C(=O)CN1CC(c2ccc3c(c2)CCO3)C(C(=O)O)C1CCN1CCCCC1=O)c1cccc(CN)c1. The number of amides is 2. The number of carbonyl (C=O) groups is 3. The summed E-state index contributed by atoms with van der Waals surface area (Å²) < 4.78 is 5.70. The van der Waals surface area contributed by atoms with Crippen LogP contribution in [-0.2, 0) is 27.3 Å². The molecule has 2 aromatic rings. The van der Waals surface area contributed by atoms with Crippen molar-refractivity contribution >= 4 is 23.5 Å². The van der Waals surface area contributed by atoms with Crippen molar-refractivity contribution < 1.29 is 24.2 Å². The summed E-state index contributed by atoms with van der Waals surface area (Å²) in [6, 6.07) is 13.4. The fraction of sp³-hybridized carbons (Fsp3) is 0.545. The first-order valence-electron chi connectivity index (χ1n) is 15.5. The van der Waals surface area contributed by atoms with Gasteiger partial charge in [0.15, 0.2) is 0 Å². The van der Waals surface area contributed by atoms with Crippen LogP contribution in [0.5, 0.6) is 5.75 Å². The van der Waals surface area contributed by atoms with Crippen LogP contribution in [0.4, 0.5) is 5.69 Å². The molecular weight excluding hydrogens is 532 g/mol. The summed E-state index contributed by atoms with van der Waals surface area (Å²) in [7, 11) is 0. The number of piperidine rings is 1. The minimum absolute atomic E-state index is 0.0520. The third-order valence-electron chi connectivity index (χ3n) is 9.12. The number of likely N-dealkylation sites (tertiary alicyclic amines) is 2. The van der Waals surface area contributed by atoms with Crippen LogP contribution in [0.2, 0.25) is 0 Å². The third-order valence-corrected chi connectivity index (χ3v) is 9.12. The van der Waals surface area contributed by atoms with Crippen molar-refractivity contribution in [3.63, 3.8) is 0 Å². The Morgan fingerprint density at radius 1 is 1.14 bits per heavy atom. The summed E-state index contributed by atoms with van der Waals surface area (Å²) in [5.74, 6) is -0.879. The Morgan fingerprint density at radius 3 is 2.76 bits per heavy atom. The smallest absolute Gasteiger partial charge is 0.308 e. The number of ether oxygens (including phenoxy) is 1. The fourth-order valence-corrected chi connectivity index (χ4v) is 6.84. The predicted molar refractivity (Wildman–Crippen MR) is 162 cm³/mol. The first kappa shape index (κ1) is 30.0. The first-order valence-corrected chi connectivity index (χ1v) is 15.5. The highest BCUT2D eigenvalue weighted by Crippen LogP contribution is 2.41.